The molecule has 2 aromatic rings. The first-order chi connectivity index (χ1) is 13.4. The number of hydrogen-bond donors (Lipinski definition) is 1. The molecule has 0 heterocycles. The van der Waals surface area contributed by atoms with Crippen molar-refractivity contribution in [1.29, 1.82) is 0 Å². The lowest BCUT2D eigenvalue weighted by Crippen LogP contribution is -2.48. The third kappa shape index (κ3) is 6.73. The molecule has 2 rings (SSSR count). The largest absolute Gasteiger partial charge is 0.357 e. The molecule has 2 amide bonds. The van der Waals surface area contributed by atoms with E-state index in [0.29, 0.717) is 35.2 Å². The fourth-order valence-electron chi connectivity index (χ4n) is 2.80. The van der Waals surface area contributed by atoms with Crippen LogP contribution >= 0.6 is 35.0 Å². The average Bonchev–Trinajstić information content (AvgIpc) is 2.70. The van der Waals surface area contributed by atoms with Gasteiger partial charge in [0.15, 0.2) is 0 Å². The van der Waals surface area contributed by atoms with Gasteiger partial charge >= 0.3 is 0 Å². The van der Waals surface area contributed by atoms with Crippen LogP contribution in [-0.2, 0) is 16.1 Å². The van der Waals surface area contributed by atoms with E-state index < -0.39 is 6.04 Å². The highest BCUT2D eigenvalue weighted by molar-refractivity contribution is 7.99. The van der Waals surface area contributed by atoms with Crippen LogP contribution in [0.15, 0.2) is 53.4 Å². The van der Waals surface area contributed by atoms with E-state index in [9.17, 15) is 9.59 Å². The number of carbonyl (C=O) groups excluding carboxylic acids is 2. The third-order valence-corrected chi connectivity index (χ3v) is 5.81. The number of hydrogen-bond acceptors (Lipinski definition) is 3. The van der Waals surface area contributed by atoms with Crippen LogP contribution in [0.3, 0.4) is 0 Å². The summed E-state index contributed by atoms with van der Waals surface area (Å²) in [6.07, 6.45) is 0.887. The first kappa shape index (κ1) is 22.6. The van der Waals surface area contributed by atoms with Gasteiger partial charge in [-0.25, -0.2) is 0 Å². The number of nitrogens with one attached hydrogen (secondary N) is 1. The molecule has 0 saturated carbocycles. The van der Waals surface area contributed by atoms with Crippen molar-refractivity contribution in [2.75, 3.05) is 12.8 Å². The van der Waals surface area contributed by atoms with Crippen LogP contribution in [0, 0.1) is 0 Å². The van der Waals surface area contributed by atoms with Crippen LogP contribution in [0.1, 0.15) is 25.3 Å². The second-order valence-electron chi connectivity index (χ2n) is 6.24. The number of rotatable bonds is 9. The predicted molar refractivity (Wildman–Crippen MR) is 117 cm³/mol. The second-order valence-corrected chi connectivity index (χ2v) is 8.28. The third-order valence-electron chi connectivity index (χ3n) is 4.30. The number of benzene rings is 2. The van der Waals surface area contributed by atoms with Gasteiger partial charge in [-0.1, -0.05) is 42.3 Å². The maximum absolute atomic E-state index is 13.0. The number of nitrogens with zero attached hydrogens (tertiary/aromatic N) is 1. The maximum Gasteiger partial charge on any atom is 0.242 e. The molecule has 0 aliphatic heterocycles. The molecule has 1 N–H and O–H groups in total. The van der Waals surface area contributed by atoms with Gasteiger partial charge in [0.25, 0.3) is 0 Å². The molecule has 28 heavy (non-hydrogen) atoms. The first-order valence-electron chi connectivity index (χ1n) is 9.08. The molecule has 150 valence electrons. The minimum atomic E-state index is -0.506. The summed E-state index contributed by atoms with van der Waals surface area (Å²) in [5.41, 5.74) is 0.936. The Morgan fingerprint density at radius 1 is 1.04 bits per heavy atom. The predicted octanol–water partition coefficient (Wildman–Crippen LogP) is 5.03. The molecular weight excluding hydrogens is 415 g/mol. The van der Waals surface area contributed by atoms with Crippen LogP contribution in [0.2, 0.25) is 10.0 Å². The van der Waals surface area contributed by atoms with Crippen LogP contribution in [0.5, 0.6) is 0 Å². The van der Waals surface area contributed by atoms with Gasteiger partial charge < -0.3 is 10.2 Å². The van der Waals surface area contributed by atoms with E-state index >= 15 is 0 Å². The number of likely N-dealkylation sites (N-methyl/N-ethyl adjacent to an activating group) is 1. The van der Waals surface area contributed by atoms with Gasteiger partial charge in [0.05, 0.1) is 0 Å². The van der Waals surface area contributed by atoms with E-state index in [1.807, 2.05) is 43.3 Å². The average molecular weight is 439 g/mol. The molecule has 0 aliphatic carbocycles. The Morgan fingerprint density at radius 2 is 1.61 bits per heavy atom. The highest BCUT2D eigenvalue weighted by Gasteiger charge is 2.27. The molecule has 0 radical (unpaired) electrons. The van der Waals surface area contributed by atoms with Crippen molar-refractivity contribution in [2.45, 2.75) is 37.2 Å². The molecule has 0 spiro atoms. The summed E-state index contributed by atoms with van der Waals surface area (Å²) in [5.74, 6) is 0.420. The molecule has 7 heteroatoms. The van der Waals surface area contributed by atoms with E-state index in [2.05, 4.69) is 5.32 Å². The Labute approximate surface area is 180 Å². The molecule has 0 saturated heterocycles. The van der Waals surface area contributed by atoms with Crippen molar-refractivity contribution in [3.05, 3.63) is 64.1 Å². The van der Waals surface area contributed by atoms with Gasteiger partial charge in [0.2, 0.25) is 11.8 Å². The molecule has 4 nitrogen and oxygen atoms in total. The van der Waals surface area contributed by atoms with Crippen LogP contribution < -0.4 is 5.32 Å². The van der Waals surface area contributed by atoms with E-state index in [-0.39, 0.29) is 11.8 Å². The van der Waals surface area contributed by atoms with Gasteiger partial charge in [-0.05, 0) is 48.4 Å². The van der Waals surface area contributed by atoms with Gasteiger partial charge in [-0.15, -0.1) is 11.8 Å². The van der Waals surface area contributed by atoms with Gasteiger partial charge in [0, 0.05) is 40.7 Å². The second kappa shape index (κ2) is 11.3. The van der Waals surface area contributed by atoms with Crippen molar-refractivity contribution in [2.24, 2.45) is 0 Å². The maximum atomic E-state index is 13.0. The zero-order valence-corrected chi connectivity index (χ0v) is 18.3. The Morgan fingerprint density at radius 3 is 2.14 bits per heavy atom. The van der Waals surface area contributed by atoms with Gasteiger partial charge in [-0.3, -0.25) is 9.59 Å². The minimum Gasteiger partial charge on any atom is -0.357 e. The van der Waals surface area contributed by atoms with Crippen molar-refractivity contribution in [3.8, 4) is 0 Å². The van der Waals surface area contributed by atoms with E-state index in [0.717, 1.165) is 10.5 Å². The summed E-state index contributed by atoms with van der Waals surface area (Å²) in [5, 5.41) is 3.99. The normalized spacial score (nSPS) is 11.7. The van der Waals surface area contributed by atoms with E-state index in [4.69, 9.17) is 23.2 Å². The summed E-state index contributed by atoms with van der Waals surface area (Å²) in [4.78, 5) is 28.0. The zero-order chi connectivity index (χ0) is 20.5. The molecule has 0 unspecified atom stereocenters. The standard InChI is InChI=1S/C21H24Cl2N2O2S/c1-3-19(21(27)24-2)25(14-15-4-6-16(22)7-5-15)20(26)12-13-28-18-10-8-17(23)9-11-18/h4-11,19H,3,12-14H2,1-2H3,(H,24,27)/t19-/m0/s1. The number of carbonyl (C=O) groups is 2. The number of thioether (sulfide) groups is 1. The summed E-state index contributed by atoms with van der Waals surface area (Å²) < 4.78 is 0. The molecule has 2 aromatic carbocycles. The van der Waals surface area contributed by atoms with Crippen molar-refractivity contribution in [3.63, 3.8) is 0 Å². The molecular formula is C21H24Cl2N2O2S. The van der Waals surface area contributed by atoms with Gasteiger partial charge in [-0.2, -0.15) is 0 Å². The summed E-state index contributed by atoms with van der Waals surface area (Å²) in [6.45, 7) is 2.28. The Bertz CT molecular complexity index is 782. The highest BCUT2D eigenvalue weighted by Crippen LogP contribution is 2.22. The summed E-state index contributed by atoms with van der Waals surface area (Å²) in [6, 6.07) is 14.4. The van der Waals surface area contributed by atoms with Crippen LogP contribution in [0.25, 0.3) is 0 Å². The van der Waals surface area contributed by atoms with Gasteiger partial charge in [0.1, 0.15) is 6.04 Å². The smallest absolute Gasteiger partial charge is 0.242 e. The SMILES string of the molecule is CC[C@@H](C(=O)NC)N(Cc1ccc(Cl)cc1)C(=O)CCSc1ccc(Cl)cc1. The molecule has 0 bridgehead atoms. The van der Waals surface area contributed by atoms with E-state index in [1.165, 1.54) is 0 Å². The van der Waals surface area contributed by atoms with Crippen LogP contribution in [-0.4, -0.2) is 35.6 Å². The first-order valence-corrected chi connectivity index (χ1v) is 10.8. The molecule has 1 atom stereocenters. The Hall–Kier alpha value is -1.69. The molecule has 0 aliphatic rings. The minimum absolute atomic E-state index is 0.0492. The zero-order valence-electron chi connectivity index (χ0n) is 16.0. The quantitative estimate of drug-likeness (QED) is 0.558. The fourth-order valence-corrected chi connectivity index (χ4v) is 3.90. The van der Waals surface area contributed by atoms with Crippen molar-refractivity contribution < 1.29 is 9.59 Å². The molecule has 0 aromatic heterocycles. The lowest BCUT2D eigenvalue weighted by atomic mass is 10.1. The topological polar surface area (TPSA) is 49.4 Å². The van der Waals surface area contributed by atoms with Crippen LogP contribution in [0.4, 0.5) is 0 Å². The van der Waals surface area contributed by atoms with Crippen molar-refractivity contribution >= 4 is 46.8 Å². The Kier molecular flexibility index (Phi) is 9.16. The fraction of sp³-hybridized carbons (Fsp3) is 0.333. The van der Waals surface area contributed by atoms with Crippen molar-refractivity contribution in [1.82, 2.24) is 10.2 Å². The number of amides is 2. The summed E-state index contributed by atoms with van der Waals surface area (Å²) in [7, 11) is 1.59. The molecule has 0 fully saturated rings. The number of halogens is 2. The monoisotopic (exact) mass is 438 g/mol. The summed E-state index contributed by atoms with van der Waals surface area (Å²) >= 11 is 13.4. The lowest BCUT2D eigenvalue weighted by Gasteiger charge is -2.30. The highest BCUT2D eigenvalue weighted by atomic mass is 35.5. The van der Waals surface area contributed by atoms with E-state index in [1.54, 1.807) is 35.8 Å². The lowest BCUT2D eigenvalue weighted by molar-refractivity contribution is -0.140. The Balaban J connectivity index is 2.07.